The second-order valence-electron chi connectivity index (χ2n) is 6.10. The summed E-state index contributed by atoms with van der Waals surface area (Å²) in [4.78, 5) is 2.68. The van der Waals surface area contributed by atoms with Gasteiger partial charge in [0.05, 0.1) is 13.2 Å². The van der Waals surface area contributed by atoms with Crippen molar-refractivity contribution in [2.24, 2.45) is 11.8 Å². The maximum atomic E-state index is 5.57. The van der Waals surface area contributed by atoms with E-state index in [-0.39, 0.29) is 0 Å². The predicted octanol–water partition coefficient (Wildman–Crippen LogP) is 1.73. The van der Waals surface area contributed by atoms with Gasteiger partial charge in [0.25, 0.3) is 0 Å². The molecule has 1 aliphatic carbocycles. The molecule has 100 valence electrons. The molecule has 0 aromatic carbocycles. The normalized spacial score (nSPS) is 44.8. The standard InChI is InChI=1S/C14H28N2O/c1-10-7-11(2)14(13(8-10)15-4)16-5-6-17-9-12(16)3/h10-15H,5-9H2,1-4H3. The van der Waals surface area contributed by atoms with Gasteiger partial charge in [-0.25, -0.2) is 0 Å². The number of likely N-dealkylation sites (N-methyl/N-ethyl adjacent to an activating group) is 1. The number of nitrogens with zero attached hydrogens (tertiary/aromatic N) is 1. The van der Waals surface area contributed by atoms with Crippen LogP contribution in [-0.2, 0) is 4.74 Å². The predicted molar refractivity (Wildman–Crippen MR) is 71.2 cm³/mol. The van der Waals surface area contributed by atoms with Crippen LogP contribution in [0.2, 0.25) is 0 Å². The van der Waals surface area contributed by atoms with Crippen LogP contribution in [0.4, 0.5) is 0 Å². The highest BCUT2D eigenvalue weighted by Crippen LogP contribution is 2.33. The van der Waals surface area contributed by atoms with E-state index in [9.17, 15) is 0 Å². The smallest absolute Gasteiger partial charge is 0.0619 e. The third kappa shape index (κ3) is 2.83. The van der Waals surface area contributed by atoms with Gasteiger partial charge in [-0.2, -0.15) is 0 Å². The minimum absolute atomic E-state index is 0.570. The Bertz CT molecular complexity index is 246. The highest BCUT2D eigenvalue weighted by atomic mass is 16.5. The molecule has 1 saturated heterocycles. The molecule has 3 nitrogen and oxygen atoms in total. The Morgan fingerprint density at radius 2 is 1.94 bits per heavy atom. The Morgan fingerprint density at radius 1 is 1.18 bits per heavy atom. The van der Waals surface area contributed by atoms with Crippen molar-refractivity contribution in [3.8, 4) is 0 Å². The lowest BCUT2D eigenvalue weighted by atomic mass is 9.75. The number of hydrogen-bond donors (Lipinski definition) is 1. The quantitative estimate of drug-likeness (QED) is 0.795. The van der Waals surface area contributed by atoms with Crippen molar-refractivity contribution in [2.75, 3.05) is 26.8 Å². The van der Waals surface area contributed by atoms with Crippen molar-refractivity contribution in [2.45, 2.75) is 51.7 Å². The Morgan fingerprint density at radius 3 is 2.59 bits per heavy atom. The van der Waals surface area contributed by atoms with Gasteiger partial charge in [-0.05, 0) is 38.6 Å². The average molecular weight is 240 g/mol. The van der Waals surface area contributed by atoms with Crippen LogP contribution in [0.15, 0.2) is 0 Å². The van der Waals surface area contributed by atoms with Crippen LogP contribution in [-0.4, -0.2) is 49.8 Å². The average Bonchev–Trinajstić information content (AvgIpc) is 2.29. The third-order valence-corrected chi connectivity index (χ3v) is 4.60. The fourth-order valence-electron chi connectivity index (χ4n) is 3.87. The molecule has 2 fully saturated rings. The molecule has 2 rings (SSSR count). The van der Waals surface area contributed by atoms with E-state index in [1.165, 1.54) is 12.8 Å². The molecule has 1 aliphatic heterocycles. The van der Waals surface area contributed by atoms with Crippen molar-refractivity contribution < 1.29 is 4.74 Å². The fraction of sp³-hybridized carbons (Fsp3) is 1.00. The van der Waals surface area contributed by atoms with Crippen molar-refractivity contribution in [1.29, 1.82) is 0 Å². The number of ether oxygens (including phenoxy) is 1. The Kier molecular flexibility index (Phi) is 4.45. The summed E-state index contributed by atoms with van der Waals surface area (Å²) in [5.41, 5.74) is 0. The first-order valence-corrected chi connectivity index (χ1v) is 7.14. The largest absolute Gasteiger partial charge is 0.379 e. The number of nitrogens with one attached hydrogen (secondary N) is 1. The van der Waals surface area contributed by atoms with E-state index in [2.05, 4.69) is 38.0 Å². The van der Waals surface area contributed by atoms with Crippen LogP contribution in [0.25, 0.3) is 0 Å². The fourth-order valence-corrected chi connectivity index (χ4v) is 3.87. The first kappa shape index (κ1) is 13.3. The molecule has 17 heavy (non-hydrogen) atoms. The lowest BCUT2D eigenvalue weighted by Crippen LogP contribution is -2.60. The van der Waals surface area contributed by atoms with E-state index in [4.69, 9.17) is 4.74 Å². The van der Waals surface area contributed by atoms with Gasteiger partial charge < -0.3 is 10.1 Å². The molecule has 1 N–H and O–H groups in total. The summed E-state index contributed by atoms with van der Waals surface area (Å²) in [5.74, 6) is 1.65. The highest BCUT2D eigenvalue weighted by molar-refractivity contribution is 4.95. The second kappa shape index (κ2) is 5.68. The summed E-state index contributed by atoms with van der Waals surface area (Å²) >= 11 is 0. The zero-order valence-corrected chi connectivity index (χ0v) is 11.8. The SMILES string of the molecule is CNC1CC(C)CC(C)C1N1CCOCC1C. The molecule has 5 atom stereocenters. The monoisotopic (exact) mass is 240 g/mol. The van der Waals surface area contributed by atoms with Crippen LogP contribution < -0.4 is 5.32 Å². The minimum Gasteiger partial charge on any atom is -0.379 e. The zero-order chi connectivity index (χ0) is 12.4. The van der Waals surface area contributed by atoms with E-state index in [0.29, 0.717) is 18.1 Å². The Balaban J connectivity index is 2.09. The van der Waals surface area contributed by atoms with Gasteiger partial charge in [-0.3, -0.25) is 4.90 Å². The van der Waals surface area contributed by atoms with Crippen LogP contribution in [0, 0.1) is 11.8 Å². The van der Waals surface area contributed by atoms with Gasteiger partial charge in [0.2, 0.25) is 0 Å². The first-order valence-electron chi connectivity index (χ1n) is 7.14. The van der Waals surface area contributed by atoms with Gasteiger partial charge >= 0.3 is 0 Å². The molecule has 1 saturated carbocycles. The Labute approximate surface area is 106 Å². The molecule has 3 heteroatoms. The second-order valence-corrected chi connectivity index (χ2v) is 6.10. The zero-order valence-electron chi connectivity index (χ0n) is 11.8. The van der Waals surface area contributed by atoms with E-state index in [1.807, 2.05) is 0 Å². The molecule has 2 aliphatic rings. The summed E-state index contributed by atoms with van der Waals surface area (Å²) in [6.07, 6.45) is 2.68. The van der Waals surface area contributed by atoms with Crippen LogP contribution in [0.1, 0.15) is 33.6 Å². The molecular formula is C14H28N2O. The molecule has 0 amide bonds. The maximum Gasteiger partial charge on any atom is 0.0619 e. The number of morpholine rings is 1. The van der Waals surface area contributed by atoms with E-state index in [1.54, 1.807) is 0 Å². The molecule has 0 spiro atoms. The number of hydrogen-bond acceptors (Lipinski definition) is 3. The van der Waals surface area contributed by atoms with Gasteiger partial charge in [-0.1, -0.05) is 13.8 Å². The number of rotatable bonds is 2. The van der Waals surface area contributed by atoms with Crippen molar-refractivity contribution >= 4 is 0 Å². The van der Waals surface area contributed by atoms with Gasteiger partial charge in [0.15, 0.2) is 0 Å². The maximum absolute atomic E-state index is 5.57. The molecular weight excluding hydrogens is 212 g/mol. The van der Waals surface area contributed by atoms with Crippen LogP contribution >= 0.6 is 0 Å². The molecule has 0 radical (unpaired) electrons. The van der Waals surface area contributed by atoms with E-state index >= 15 is 0 Å². The minimum atomic E-state index is 0.570. The summed E-state index contributed by atoms with van der Waals surface area (Å²) in [5, 5.41) is 3.55. The van der Waals surface area contributed by atoms with Crippen molar-refractivity contribution in [1.82, 2.24) is 10.2 Å². The third-order valence-electron chi connectivity index (χ3n) is 4.60. The van der Waals surface area contributed by atoms with Crippen molar-refractivity contribution in [3.63, 3.8) is 0 Å². The highest BCUT2D eigenvalue weighted by Gasteiger charge is 2.39. The van der Waals surface area contributed by atoms with Crippen LogP contribution in [0.5, 0.6) is 0 Å². The lowest BCUT2D eigenvalue weighted by Gasteiger charge is -2.49. The summed E-state index contributed by atoms with van der Waals surface area (Å²) < 4.78 is 5.57. The molecule has 1 heterocycles. The van der Waals surface area contributed by atoms with E-state index < -0.39 is 0 Å². The van der Waals surface area contributed by atoms with Gasteiger partial charge in [-0.15, -0.1) is 0 Å². The van der Waals surface area contributed by atoms with Crippen molar-refractivity contribution in [3.05, 3.63) is 0 Å². The summed E-state index contributed by atoms with van der Waals surface area (Å²) in [6.45, 7) is 10.0. The first-order chi connectivity index (χ1) is 8.13. The molecule has 0 bridgehead atoms. The lowest BCUT2D eigenvalue weighted by molar-refractivity contribution is -0.0537. The summed E-state index contributed by atoms with van der Waals surface area (Å²) in [6, 6.07) is 1.91. The topological polar surface area (TPSA) is 24.5 Å². The molecule has 5 unspecified atom stereocenters. The molecule has 0 aromatic heterocycles. The van der Waals surface area contributed by atoms with E-state index in [0.717, 1.165) is 31.6 Å². The van der Waals surface area contributed by atoms with Crippen LogP contribution in [0.3, 0.4) is 0 Å². The van der Waals surface area contributed by atoms with Gasteiger partial charge in [0.1, 0.15) is 0 Å². The molecule has 0 aromatic rings. The summed E-state index contributed by atoms with van der Waals surface area (Å²) in [7, 11) is 2.12. The van der Waals surface area contributed by atoms with Gasteiger partial charge in [0, 0.05) is 24.7 Å². The Hall–Kier alpha value is -0.120.